The van der Waals surface area contributed by atoms with E-state index in [1.54, 1.807) is 0 Å². The van der Waals surface area contributed by atoms with Crippen molar-refractivity contribution in [2.45, 2.75) is 30.4 Å². The largest absolute Gasteiger partial charge is 0.303 e. The fourth-order valence-corrected chi connectivity index (χ4v) is 2.47. The van der Waals surface area contributed by atoms with E-state index in [1.165, 1.54) is 16.9 Å². The summed E-state index contributed by atoms with van der Waals surface area (Å²) in [6.45, 7) is 5.92. The normalized spacial score (nSPS) is 12.5. The first kappa shape index (κ1) is 14.9. The Morgan fingerprint density at radius 2 is 2.22 bits per heavy atom. The minimum atomic E-state index is 0.619. The molecule has 0 amide bonds. The van der Waals surface area contributed by atoms with E-state index >= 15 is 0 Å². The molecular weight excluding hydrogens is 238 g/mol. The highest BCUT2D eigenvalue weighted by atomic mass is 32.2. The standard InChI is InChI=1S/C16H21NS/c1-4-12-17-13-8-10-15-9-6-7-11-16(15)18-14(3)5-2/h1,6-11,14,17H,5,12-13H2,2-3H3/b10-8+. The molecule has 1 nitrogen and oxygen atoms in total. The fraction of sp³-hybridized carbons (Fsp3) is 0.375. The van der Waals surface area contributed by atoms with E-state index in [9.17, 15) is 0 Å². The van der Waals surface area contributed by atoms with Crippen LogP contribution in [-0.4, -0.2) is 18.3 Å². The maximum Gasteiger partial charge on any atom is 0.0576 e. The summed E-state index contributed by atoms with van der Waals surface area (Å²) in [4.78, 5) is 1.35. The van der Waals surface area contributed by atoms with Crippen molar-refractivity contribution in [1.82, 2.24) is 5.32 Å². The third-order valence-electron chi connectivity index (χ3n) is 2.61. The molecular formula is C16H21NS. The molecule has 0 aliphatic rings. The first-order valence-corrected chi connectivity index (χ1v) is 7.22. The third-order valence-corrected chi connectivity index (χ3v) is 3.97. The third kappa shape index (κ3) is 5.44. The number of hydrogen-bond acceptors (Lipinski definition) is 2. The molecule has 1 aromatic carbocycles. The molecule has 0 aliphatic carbocycles. The minimum Gasteiger partial charge on any atom is -0.303 e. The first-order chi connectivity index (χ1) is 8.77. The predicted octanol–water partition coefficient (Wildman–Crippen LogP) is 3.81. The lowest BCUT2D eigenvalue weighted by Gasteiger charge is -2.10. The number of thioether (sulfide) groups is 1. The van der Waals surface area contributed by atoms with E-state index in [1.807, 2.05) is 11.8 Å². The van der Waals surface area contributed by atoms with E-state index in [0.717, 1.165) is 6.54 Å². The molecule has 1 rings (SSSR count). The average Bonchev–Trinajstić information content (AvgIpc) is 2.40. The van der Waals surface area contributed by atoms with Crippen LogP contribution in [-0.2, 0) is 0 Å². The maximum atomic E-state index is 5.18. The number of terminal acetylenes is 1. The van der Waals surface area contributed by atoms with Gasteiger partial charge in [0.25, 0.3) is 0 Å². The second kappa shape index (κ2) is 8.85. The SMILES string of the molecule is C#CCNC/C=C/c1ccccc1SC(C)CC. The summed E-state index contributed by atoms with van der Waals surface area (Å²) in [5, 5.41) is 3.80. The maximum absolute atomic E-state index is 5.18. The van der Waals surface area contributed by atoms with Crippen molar-refractivity contribution in [1.29, 1.82) is 0 Å². The van der Waals surface area contributed by atoms with Gasteiger partial charge in [-0.25, -0.2) is 0 Å². The Balaban J connectivity index is 2.61. The van der Waals surface area contributed by atoms with Crippen molar-refractivity contribution in [3.05, 3.63) is 35.9 Å². The molecule has 0 radical (unpaired) electrons. The van der Waals surface area contributed by atoms with Crippen molar-refractivity contribution in [3.8, 4) is 12.3 Å². The summed E-state index contributed by atoms with van der Waals surface area (Å²) in [6.07, 6.45) is 10.6. The van der Waals surface area contributed by atoms with Gasteiger partial charge < -0.3 is 5.32 Å². The van der Waals surface area contributed by atoms with Gasteiger partial charge in [-0.1, -0.05) is 50.1 Å². The van der Waals surface area contributed by atoms with Gasteiger partial charge in [-0.3, -0.25) is 0 Å². The zero-order valence-electron chi connectivity index (χ0n) is 11.1. The van der Waals surface area contributed by atoms with Gasteiger partial charge in [-0.2, -0.15) is 0 Å². The van der Waals surface area contributed by atoms with Crippen molar-refractivity contribution in [2.75, 3.05) is 13.1 Å². The van der Waals surface area contributed by atoms with Crippen LogP contribution in [0, 0.1) is 12.3 Å². The molecule has 1 N–H and O–H groups in total. The van der Waals surface area contributed by atoms with Crippen LogP contribution in [0.4, 0.5) is 0 Å². The van der Waals surface area contributed by atoms with E-state index in [4.69, 9.17) is 6.42 Å². The Labute approximate surface area is 115 Å². The molecule has 96 valence electrons. The molecule has 18 heavy (non-hydrogen) atoms. The fourth-order valence-electron chi connectivity index (χ4n) is 1.44. The van der Waals surface area contributed by atoms with Gasteiger partial charge in [-0.15, -0.1) is 18.2 Å². The van der Waals surface area contributed by atoms with Crippen LogP contribution < -0.4 is 5.32 Å². The zero-order chi connectivity index (χ0) is 13.2. The Hall–Kier alpha value is -1.17. The molecule has 1 atom stereocenters. The minimum absolute atomic E-state index is 0.619. The number of benzene rings is 1. The van der Waals surface area contributed by atoms with Crippen molar-refractivity contribution in [2.24, 2.45) is 0 Å². The van der Waals surface area contributed by atoms with Crippen LogP contribution in [0.2, 0.25) is 0 Å². The lowest BCUT2D eigenvalue weighted by Crippen LogP contribution is -2.12. The smallest absolute Gasteiger partial charge is 0.0576 e. The molecule has 0 heterocycles. The highest BCUT2D eigenvalue weighted by Crippen LogP contribution is 2.28. The van der Waals surface area contributed by atoms with Crippen LogP contribution in [0.15, 0.2) is 35.2 Å². The van der Waals surface area contributed by atoms with Gasteiger partial charge in [0, 0.05) is 16.7 Å². The second-order valence-electron chi connectivity index (χ2n) is 4.11. The van der Waals surface area contributed by atoms with E-state index in [0.29, 0.717) is 11.8 Å². The van der Waals surface area contributed by atoms with Crippen LogP contribution in [0.3, 0.4) is 0 Å². The average molecular weight is 259 g/mol. The molecule has 2 heteroatoms. The van der Waals surface area contributed by atoms with Crippen molar-refractivity contribution < 1.29 is 0 Å². The van der Waals surface area contributed by atoms with Crippen molar-refractivity contribution >= 4 is 17.8 Å². The summed E-state index contributed by atoms with van der Waals surface area (Å²) >= 11 is 1.93. The van der Waals surface area contributed by atoms with Crippen LogP contribution >= 0.6 is 11.8 Å². The number of hydrogen-bond donors (Lipinski definition) is 1. The van der Waals surface area contributed by atoms with Crippen LogP contribution in [0.1, 0.15) is 25.8 Å². The van der Waals surface area contributed by atoms with Gasteiger partial charge in [0.05, 0.1) is 6.54 Å². The molecule has 0 bridgehead atoms. The lowest BCUT2D eigenvalue weighted by molar-refractivity contribution is 0.859. The van der Waals surface area contributed by atoms with Crippen molar-refractivity contribution in [3.63, 3.8) is 0 Å². The van der Waals surface area contributed by atoms with Crippen LogP contribution in [0.25, 0.3) is 6.08 Å². The number of nitrogens with one attached hydrogen (secondary N) is 1. The monoisotopic (exact) mass is 259 g/mol. The Morgan fingerprint density at radius 1 is 1.44 bits per heavy atom. The number of rotatable bonds is 7. The molecule has 0 saturated heterocycles. The van der Waals surface area contributed by atoms with Gasteiger partial charge in [0.2, 0.25) is 0 Å². The Bertz CT molecular complexity index is 417. The predicted molar refractivity (Wildman–Crippen MR) is 82.8 cm³/mol. The van der Waals surface area contributed by atoms with Gasteiger partial charge >= 0.3 is 0 Å². The second-order valence-corrected chi connectivity index (χ2v) is 5.59. The van der Waals surface area contributed by atoms with E-state index < -0.39 is 0 Å². The molecule has 0 saturated carbocycles. The zero-order valence-corrected chi connectivity index (χ0v) is 12.0. The Kier molecular flexibility index (Phi) is 7.32. The quantitative estimate of drug-likeness (QED) is 0.454. The lowest BCUT2D eigenvalue weighted by atomic mass is 10.2. The molecule has 1 aromatic rings. The molecule has 0 aromatic heterocycles. The molecule has 0 fully saturated rings. The summed E-state index contributed by atoms with van der Waals surface area (Å²) in [6, 6.07) is 8.52. The molecule has 0 aliphatic heterocycles. The van der Waals surface area contributed by atoms with Gasteiger partial charge in [0.1, 0.15) is 0 Å². The summed E-state index contributed by atoms with van der Waals surface area (Å²) in [7, 11) is 0. The van der Waals surface area contributed by atoms with Crippen LogP contribution in [0.5, 0.6) is 0 Å². The molecule has 1 unspecified atom stereocenters. The molecule has 0 spiro atoms. The summed E-state index contributed by atoms with van der Waals surface area (Å²) < 4.78 is 0. The highest BCUT2D eigenvalue weighted by Gasteiger charge is 2.04. The van der Waals surface area contributed by atoms with Gasteiger partial charge in [-0.05, 0) is 18.1 Å². The topological polar surface area (TPSA) is 12.0 Å². The first-order valence-electron chi connectivity index (χ1n) is 6.34. The summed E-state index contributed by atoms with van der Waals surface area (Å²) in [5.41, 5.74) is 1.28. The van der Waals surface area contributed by atoms with E-state index in [2.05, 4.69) is 61.5 Å². The summed E-state index contributed by atoms with van der Waals surface area (Å²) in [5.74, 6) is 2.56. The Morgan fingerprint density at radius 3 is 2.94 bits per heavy atom. The highest BCUT2D eigenvalue weighted by molar-refractivity contribution is 8.00. The van der Waals surface area contributed by atoms with E-state index in [-0.39, 0.29) is 0 Å². The van der Waals surface area contributed by atoms with Gasteiger partial charge in [0.15, 0.2) is 0 Å².